The average molecular weight is 335 g/mol. The molecule has 1 aliphatic heterocycles. The van der Waals surface area contributed by atoms with Gasteiger partial charge in [-0.1, -0.05) is 29.3 Å². The molecular formula is C15H19BrN4. The van der Waals surface area contributed by atoms with Gasteiger partial charge in [0, 0.05) is 15.9 Å². The van der Waals surface area contributed by atoms with E-state index in [0.29, 0.717) is 5.96 Å². The largest absolute Gasteiger partial charge is 0.368 e. The van der Waals surface area contributed by atoms with Gasteiger partial charge in [-0.05, 0) is 49.6 Å². The summed E-state index contributed by atoms with van der Waals surface area (Å²) in [5.41, 5.74) is 7.98. The zero-order valence-electron chi connectivity index (χ0n) is 11.6. The minimum Gasteiger partial charge on any atom is -0.368 e. The molecule has 0 aliphatic carbocycles. The number of nitrogens with one attached hydrogen (secondary N) is 1. The Morgan fingerprint density at radius 2 is 2.00 bits per heavy atom. The van der Waals surface area contributed by atoms with E-state index in [9.17, 15) is 0 Å². The van der Waals surface area contributed by atoms with Crippen LogP contribution in [0.15, 0.2) is 50.6 Å². The lowest BCUT2D eigenvalue weighted by Gasteiger charge is -2.11. The fourth-order valence-corrected chi connectivity index (χ4v) is 2.28. The molecule has 0 unspecified atom stereocenters. The predicted octanol–water partition coefficient (Wildman–Crippen LogP) is 4.05. The van der Waals surface area contributed by atoms with Crippen LogP contribution in [0.25, 0.3) is 0 Å². The summed E-state index contributed by atoms with van der Waals surface area (Å²) < 4.78 is 1.05. The van der Waals surface area contributed by atoms with Crippen LogP contribution in [0.2, 0.25) is 0 Å². The third-order valence-corrected chi connectivity index (χ3v) is 3.46. The van der Waals surface area contributed by atoms with Crippen molar-refractivity contribution in [1.29, 1.82) is 0 Å². The number of hydrogen-bond donors (Lipinski definition) is 2. The van der Waals surface area contributed by atoms with Gasteiger partial charge in [-0.2, -0.15) is 4.99 Å². The maximum Gasteiger partial charge on any atom is 0.221 e. The summed E-state index contributed by atoms with van der Waals surface area (Å²) in [6.45, 7) is 2.14. The molecule has 1 aromatic carbocycles. The van der Waals surface area contributed by atoms with Crippen molar-refractivity contribution >= 4 is 33.3 Å². The minimum atomic E-state index is 0.323. The molecule has 2 rings (SSSR count). The Labute approximate surface area is 128 Å². The van der Waals surface area contributed by atoms with E-state index in [0.717, 1.165) is 47.4 Å². The molecule has 0 aromatic heterocycles. The molecule has 0 bridgehead atoms. The lowest BCUT2D eigenvalue weighted by atomic mass is 10.1. The number of allylic oxidation sites excluding steroid dienone is 1. The summed E-state index contributed by atoms with van der Waals surface area (Å²) in [6, 6.07) is 7.94. The molecule has 1 heterocycles. The van der Waals surface area contributed by atoms with Crippen molar-refractivity contribution in [2.75, 3.05) is 5.32 Å². The van der Waals surface area contributed by atoms with E-state index < -0.39 is 0 Å². The standard InChI is InChI=1S/C15H19BrN4/c1-2-4-12-5-3-6-14(20-15(17)19-12)18-13-9-7-11(16)8-10-13/h6-10,18H,2-5H2,1H3,(H2,17,20)/b14-6-,19-12?. The summed E-state index contributed by atoms with van der Waals surface area (Å²) in [4.78, 5) is 8.72. The molecule has 0 atom stereocenters. The molecule has 1 aliphatic rings. The van der Waals surface area contributed by atoms with Gasteiger partial charge in [0.25, 0.3) is 0 Å². The number of aliphatic imine (C=N–C) groups is 2. The second-order valence-corrected chi connectivity index (χ2v) is 5.57. The molecule has 0 spiro atoms. The highest BCUT2D eigenvalue weighted by molar-refractivity contribution is 9.10. The van der Waals surface area contributed by atoms with E-state index in [-0.39, 0.29) is 0 Å². The number of benzene rings is 1. The zero-order chi connectivity index (χ0) is 14.4. The lowest BCUT2D eigenvalue weighted by molar-refractivity contribution is 0.937. The first-order chi connectivity index (χ1) is 9.67. The normalized spacial score (nSPS) is 18.2. The maximum atomic E-state index is 5.87. The van der Waals surface area contributed by atoms with Crippen LogP contribution >= 0.6 is 15.9 Å². The second-order valence-electron chi connectivity index (χ2n) is 4.66. The van der Waals surface area contributed by atoms with Gasteiger partial charge in [-0.15, -0.1) is 0 Å². The van der Waals surface area contributed by atoms with Gasteiger partial charge in [-0.25, -0.2) is 4.99 Å². The highest BCUT2D eigenvalue weighted by Crippen LogP contribution is 2.17. The van der Waals surface area contributed by atoms with Crippen LogP contribution in [0.1, 0.15) is 32.6 Å². The van der Waals surface area contributed by atoms with Crippen LogP contribution < -0.4 is 11.1 Å². The highest BCUT2D eigenvalue weighted by Gasteiger charge is 2.05. The van der Waals surface area contributed by atoms with Crippen LogP contribution in [0, 0.1) is 0 Å². The van der Waals surface area contributed by atoms with Crippen LogP contribution in [0.4, 0.5) is 5.69 Å². The van der Waals surface area contributed by atoms with Crippen molar-refractivity contribution in [3.8, 4) is 0 Å². The van der Waals surface area contributed by atoms with Crippen molar-refractivity contribution in [1.82, 2.24) is 0 Å². The molecule has 0 radical (unpaired) electrons. The third-order valence-electron chi connectivity index (χ3n) is 2.93. The molecule has 106 valence electrons. The van der Waals surface area contributed by atoms with E-state index in [1.165, 1.54) is 0 Å². The molecule has 4 nitrogen and oxygen atoms in total. The first-order valence-corrected chi connectivity index (χ1v) is 7.60. The van der Waals surface area contributed by atoms with Crippen LogP contribution in [-0.4, -0.2) is 11.7 Å². The van der Waals surface area contributed by atoms with Gasteiger partial charge < -0.3 is 11.1 Å². The fourth-order valence-electron chi connectivity index (χ4n) is 2.02. The van der Waals surface area contributed by atoms with Gasteiger partial charge in [-0.3, -0.25) is 0 Å². The van der Waals surface area contributed by atoms with Crippen molar-refractivity contribution in [2.24, 2.45) is 15.7 Å². The molecule has 3 N–H and O–H groups in total. The maximum absolute atomic E-state index is 5.87. The van der Waals surface area contributed by atoms with Crippen LogP contribution in [0.3, 0.4) is 0 Å². The van der Waals surface area contributed by atoms with Crippen LogP contribution in [0.5, 0.6) is 0 Å². The number of nitrogens with two attached hydrogens (primary N) is 1. The molecular weight excluding hydrogens is 316 g/mol. The molecule has 20 heavy (non-hydrogen) atoms. The Morgan fingerprint density at radius 3 is 2.70 bits per heavy atom. The van der Waals surface area contributed by atoms with Gasteiger partial charge in [0.05, 0.1) is 0 Å². The van der Waals surface area contributed by atoms with Crippen molar-refractivity contribution in [3.63, 3.8) is 0 Å². The number of nitrogens with zero attached hydrogens (tertiary/aromatic N) is 2. The number of halogens is 1. The minimum absolute atomic E-state index is 0.323. The monoisotopic (exact) mass is 334 g/mol. The molecule has 5 heteroatoms. The summed E-state index contributed by atoms with van der Waals surface area (Å²) >= 11 is 3.42. The first kappa shape index (κ1) is 14.8. The Bertz CT molecular complexity index is 543. The van der Waals surface area contributed by atoms with E-state index in [1.54, 1.807) is 0 Å². The van der Waals surface area contributed by atoms with E-state index in [1.807, 2.05) is 24.3 Å². The van der Waals surface area contributed by atoms with Gasteiger partial charge in [0.15, 0.2) is 0 Å². The molecule has 0 saturated heterocycles. The quantitative estimate of drug-likeness (QED) is 0.872. The Kier molecular flexibility index (Phi) is 5.35. The van der Waals surface area contributed by atoms with Crippen molar-refractivity contribution in [2.45, 2.75) is 32.6 Å². The van der Waals surface area contributed by atoms with Crippen LogP contribution in [-0.2, 0) is 0 Å². The molecule has 1 aromatic rings. The Morgan fingerprint density at radius 1 is 1.25 bits per heavy atom. The SMILES string of the molecule is CCCC1=NC(N)=N/C(Nc2ccc(Br)cc2)=C\CC1. The number of rotatable bonds is 4. The third kappa shape index (κ3) is 4.49. The van der Waals surface area contributed by atoms with Crippen molar-refractivity contribution in [3.05, 3.63) is 40.6 Å². The topological polar surface area (TPSA) is 62.8 Å². The van der Waals surface area contributed by atoms with E-state index >= 15 is 0 Å². The summed E-state index contributed by atoms with van der Waals surface area (Å²) in [6.07, 6.45) is 6.00. The smallest absolute Gasteiger partial charge is 0.221 e. The average Bonchev–Trinajstić information content (AvgIpc) is 2.39. The zero-order valence-corrected chi connectivity index (χ0v) is 13.2. The predicted molar refractivity (Wildman–Crippen MR) is 89.0 cm³/mol. The summed E-state index contributed by atoms with van der Waals surface area (Å²) in [5.74, 6) is 1.08. The highest BCUT2D eigenvalue weighted by atomic mass is 79.9. The fraction of sp³-hybridized carbons (Fsp3) is 0.333. The first-order valence-electron chi connectivity index (χ1n) is 6.80. The Hall–Kier alpha value is -1.62. The van der Waals surface area contributed by atoms with E-state index in [4.69, 9.17) is 5.73 Å². The Balaban J connectivity index is 2.11. The summed E-state index contributed by atoms with van der Waals surface area (Å²) in [7, 11) is 0. The molecule has 0 amide bonds. The number of hydrogen-bond acceptors (Lipinski definition) is 4. The van der Waals surface area contributed by atoms with Gasteiger partial charge >= 0.3 is 0 Å². The second kappa shape index (κ2) is 7.24. The molecule has 0 fully saturated rings. The molecule has 0 saturated carbocycles. The number of guanidine groups is 1. The lowest BCUT2D eigenvalue weighted by Crippen LogP contribution is -2.15. The van der Waals surface area contributed by atoms with Gasteiger partial charge in [0.2, 0.25) is 5.96 Å². The van der Waals surface area contributed by atoms with Crippen molar-refractivity contribution < 1.29 is 0 Å². The van der Waals surface area contributed by atoms with Gasteiger partial charge in [0.1, 0.15) is 5.82 Å². The number of anilines is 1. The summed E-state index contributed by atoms with van der Waals surface area (Å²) in [5, 5.41) is 3.26. The van der Waals surface area contributed by atoms with E-state index in [2.05, 4.69) is 44.2 Å².